The number of rotatable bonds is 5. The Morgan fingerprint density at radius 3 is 2.38 bits per heavy atom. The van der Waals surface area contributed by atoms with Crippen LogP contribution in [-0.4, -0.2) is 49.4 Å². The number of nitrogens with zero attached hydrogens (tertiary/aromatic N) is 3. The lowest BCUT2D eigenvalue weighted by Gasteiger charge is -2.28. The third-order valence-corrected chi connectivity index (χ3v) is 10.5. The number of nitriles is 1. The molecule has 0 spiro atoms. The van der Waals surface area contributed by atoms with Crippen LogP contribution in [0.2, 0.25) is 0 Å². The maximum absolute atomic E-state index is 13.9. The van der Waals surface area contributed by atoms with Crippen molar-refractivity contribution >= 4 is 32.8 Å². The smallest absolute Gasteiger partial charge is 0.224 e. The third-order valence-electron chi connectivity index (χ3n) is 7.77. The number of benzene rings is 2. The summed E-state index contributed by atoms with van der Waals surface area (Å²) in [7, 11) is -2.88. The van der Waals surface area contributed by atoms with Crippen molar-refractivity contribution in [2.75, 3.05) is 29.5 Å². The molecular formula is C30H35FN4O3S2. The fraction of sp³-hybridized carbons (Fsp3) is 0.433. The zero-order valence-corrected chi connectivity index (χ0v) is 23.9. The molecule has 3 aliphatic rings. The minimum atomic E-state index is -2.88. The van der Waals surface area contributed by atoms with Crippen LogP contribution in [0, 0.1) is 23.1 Å². The maximum Gasteiger partial charge on any atom is 0.224 e. The Bertz CT molecular complexity index is 1480. The van der Waals surface area contributed by atoms with Crippen molar-refractivity contribution in [3.63, 3.8) is 0 Å². The molecule has 7 nitrogen and oxygen atoms in total. The van der Waals surface area contributed by atoms with Gasteiger partial charge in [0.25, 0.3) is 0 Å². The van der Waals surface area contributed by atoms with E-state index >= 15 is 0 Å². The number of sulfone groups is 1. The number of thiazole rings is 1. The summed E-state index contributed by atoms with van der Waals surface area (Å²) in [6, 6.07) is 16.8. The molecule has 2 saturated carbocycles. The topological polar surface area (TPSA) is 103 Å². The predicted molar refractivity (Wildman–Crippen MR) is 158 cm³/mol. The molecule has 1 aliphatic heterocycles. The summed E-state index contributed by atoms with van der Waals surface area (Å²) >= 11 is 1.45. The Labute approximate surface area is 240 Å². The van der Waals surface area contributed by atoms with Crippen molar-refractivity contribution in [1.82, 2.24) is 10.3 Å². The van der Waals surface area contributed by atoms with Gasteiger partial charge in [-0.1, -0.05) is 43.5 Å². The number of halogens is 1. The van der Waals surface area contributed by atoms with Crippen molar-refractivity contribution in [3.05, 3.63) is 60.5 Å². The molecular weight excluding hydrogens is 547 g/mol. The van der Waals surface area contributed by atoms with Gasteiger partial charge in [0, 0.05) is 37.9 Å². The standard InChI is InChI=1S/C19H17FN2O2S2.C11H16N2O.H2/c20-17-4-2-1-3-16(17)19-21-13-18(25-19)14-5-7-15(8-6-14)22-9-11-26(23,24)12-10-22;12-8-11(6-7-11)13-10(14)9-4-2-1-3-5-9;/h1-8,13H,9-12H2;9H,1-7H2,(H,13,14);1H. The summed E-state index contributed by atoms with van der Waals surface area (Å²) in [5, 5.41) is 12.4. The van der Waals surface area contributed by atoms with Crippen LogP contribution in [-0.2, 0) is 14.6 Å². The average molecular weight is 583 g/mol. The third kappa shape index (κ3) is 6.88. The molecule has 0 radical (unpaired) electrons. The molecule has 1 amide bonds. The first kappa shape index (κ1) is 28.2. The van der Waals surface area contributed by atoms with Gasteiger partial charge < -0.3 is 10.2 Å². The second kappa shape index (κ2) is 12.1. The molecule has 0 atom stereocenters. The molecule has 0 unspecified atom stereocenters. The van der Waals surface area contributed by atoms with Crippen LogP contribution >= 0.6 is 11.3 Å². The molecule has 212 valence electrons. The average Bonchev–Trinajstić information content (AvgIpc) is 3.58. The number of carbonyl (C=O) groups is 1. The summed E-state index contributed by atoms with van der Waals surface area (Å²) in [6.07, 6.45) is 9.03. The molecule has 3 fully saturated rings. The molecule has 2 heterocycles. The zero-order valence-electron chi connectivity index (χ0n) is 22.3. The largest absolute Gasteiger partial charge is 0.369 e. The molecule has 1 aromatic heterocycles. The lowest BCUT2D eigenvalue weighted by molar-refractivity contribution is -0.126. The van der Waals surface area contributed by atoms with Gasteiger partial charge in [0.05, 0.1) is 22.5 Å². The minimum absolute atomic E-state index is 0. The summed E-state index contributed by atoms with van der Waals surface area (Å²) in [5.41, 5.74) is 2.06. The van der Waals surface area contributed by atoms with Crippen LogP contribution in [0.25, 0.3) is 21.0 Å². The van der Waals surface area contributed by atoms with E-state index in [2.05, 4.69) is 21.3 Å². The number of hydrogen-bond donors (Lipinski definition) is 1. The predicted octanol–water partition coefficient (Wildman–Crippen LogP) is 5.84. The maximum atomic E-state index is 13.9. The lowest BCUT2D eigenvalue weighted by Crippen LogP contribution is -2.40. The van der Waals surface area contributed by atoms with Gasteiger partial charge in [0.15, 0.2) is 9.84 Å². The van der Waals surface area contributed by atoms with E-state index < -0.39 is 15.4 Å². The molecule has 40 heavy (non-hydrogen) atoms. The highest BCUT2D eigenvalue weighted by Crippen LogP contribution is 2.36. The van der Waals surface area contributed by atoms with Crippen molar-refractivity contribution in [2.24, 2.45) is 5.92 Å². The zero-order chi connectivity index (χ0) is 28.2. The van der Waals surface area contributed by atoms with E-state index in [1.807, 2.05) is 24.3 Å². The van der Waals surface area contributed by atoms with Crippen LogP contribution in [0.15, 0.2) is 54.7 Å². The van der Waals surface area contributed by atoms with Gasteiger partial charge in [-0.05, 0) is 55.5 Å². The van der Waals surface area contributed by atoms with E-state index in [9.17, 15) is 17.6 Å². The quantitative estimate of drug-likeness (QED) is 0.406. The monoisotopic (exact) mass is 582 g/mol. The first-order valence-corrected chi connectivity index (χ1v) is 16.4. The number of aromatic nitrogens is 1. The van der Waals surface area contributed by atoms with Gasteiger partial charge in [-0.3, -0.25) is 4.79 Å². The fourth-order valence-corrected chi connectivity index (χ4v) is 7.22. The number of nitrogens with one attached hydrogen (secondary N) is 1. The van der Waals surface area contributed by atoms with Crippen molar-refractivity contribution < 1.29 is 19.0 Å². The van der Waals surface area contributed by atoms with E-state index in [0.29, 0.717) is 23.7 Å². The van der Waals surface area contributed by atoms with Gasteiger partial charge in [0.2, 0.25) is 5.91 Å². The van der Waals surface area contributed by atoms with Crippen LogP contribution in [0.5, 0.6) is 0 Å². The summed E-state index contributed by atoms with van der Waals surface area (Å²) in [4.78, 5) is 19.2. The highest BCUT2D eigenvalue weighted by Gasteiger charge is 2.45. The summed E-state index contributed by atoms with van der Waals surface area (Å²) in [6.45, 7) is 1.05. The van der Waals surface area contributed by atoms with Crippen LogP contribution in [0.4, 0.5) is 10.1 Å². The van der Waals surface area contributed by atoms with Crippen LogP contribution in [0.3, 0.4) is 0 Å². The Hall–Kier alpha value is -3.29. The van der Waals surface area contributed by atoms with Gasteiger partial charge in [-0.25, -0.2) is 17.8 Å². The number of carbonyl (C=O) groups excluding carboxylic acids is 1. The first-order valence-electron chi connectivity index (χ1n) is 13.8. The molecule has 1 saturated heterocycles. The molecule has 2 aromatic carbocycles. The van der Waals surface area contributed by atoms with Gasteiger partial charge in [-0.2, -0.15) is 5.26 Å². The van der Waals surface area contributed by atoms with Crippen LogP contribution in [0.1, 0.15) is 46.4 Å². The molecule has 1 N–H and O–H groups in total. The van der Waals surface area contributed by atoms with E-state index in [1.54, 1.807) is 24.4 Å². The van der Waals surface area contributed by atoms with E-state index in [1.165, 1.54) is 23.8 Å². The molecule has 10 heteroatoms. The molecule has 6 rings (SSSR count). The van der Waals surface area contributed by atoms with Crippen molar-refractivity contribution in [2.45, 2.75) is 50.5 Å². The highest BCUT2D eigenvalue weighted by molar-refractivity contribution is 7.91. The molecule has 2 aliphatic carbocycles. The fourth-order valence-electron chi connectivity index (χ4n) is 5.07. The van der Waals surface area contributed by atoms with Gasteiger partial charge in [0.1, 0.15) is 16.4 Å². The Morgan fingerprint density at radius 2 is 1.75 bits per heavy atom. The SMILES string of the molecule is N#CC1(NC(=O)C2CCCCC2)CC1.O=S1(=O)CCN(c2ccc(-c3cnc(-c4ccccc4F)s3)cc2)CC1.[HH]. The Morgan fingerprint density at radius 1 is 1.07 bits per heavy atom. The normalized spacial score (nSPS) is 19.6. The van der Waals surface area contributed by atoms with Crippen LogP contribution < -0.4 is 10.2 Å². The molecule has 3 aromatic rings. The Kier molecular flexibility index (Phi) is 8.52. The molecule has 0 bridgehead atoms. The summed E-state index contributed by atoms with van der Waals surface area (Å²) < 4.78 is 37.0. The van der Waals surface area contributed by atoms with Crippen molar-refractivity contribution in [1.29, 1.82) is 5.26 Å². The van der Waals surface area contributed by atoms with Gasteiger partial charge >= 0.3 is 0 Å². The first-order chi connectivity index (χ1) is 19.3. The Balaban J connectivity index is 0.000000219. The van der Waals surface area contributed by atoms with E-state index in [0.717, 1.165) is 54.7 Å². The highest BCUT2D eigenvalue weighted by atomic mass is 32.2. The second-order valence-corrected chi connectivity index (χ2v) is 14.0. The number of anilines is 1. The lowest BCUT2D eigenvalue weighted by atomic mass is 9.88. The van der Waals surface area contributed by atoms with E-state index in [-0.39, 0.29) is 30.6 Å². The van der Waals surface area contributed by atoms with Crippen molar-refractivity contribution in [3.8, 4) is 27.1 Å². The minimum Gasteiger partial charge on any atom is -0.369 e. The van der Waals surface area contributed by atoms with E-state index in [4.69, 9.17) is 5.26 Å². The second-order valence-electron chi connectivity index (χ2n) is 10.7. The summed E-state index contributed by atoms with van der Waals surface area (Å²) in [5.74, 6) is 0.424. The number of amides is 1. The van der Waals surface area contributed by atoms with Gasteiger partial charge in [-0.15, -0.1) is 11.3 Å². The number of hydrogen-bond acceptors (Lipinski definition) is 7.